The van der Waals surface area contributed by atoms with E-state index in [9.17, 15) is 4.79 Å². The zero-order valence-electron chi connectivity index (χ0n) is 12.0. The molecule has 1 heterocycles. The summed E-state index contributed by atoms with van der Waals surface area (Å²) in [6.45, 7) is 6.38. The highest BCUT2D eigenvalue weighted by Crippen LogP contribution is 2.48. The van der Waals surface area contributed by atoms with Crippen molar-refractivity contribution in [1.82, 2.24) is 0 Å². The fourth-order valence-electron chi connectivity index (χ4n) is 2.48. The summed E-state index contributed by atoms with van der Waals surface area (Å²) in [5.41, 5.74) is 2.88. The molecular weight excluding hydrogens is 312 g/mol. The van der Waals surface area contributed by atoms with Crippen molar-refractivity contribution in [1.29, 1.82) is 0 Å². The van der Waals surface area contributed by atoms with E-state index in [0.717, 1.165) is 28.4 Å². The number of thioether (sulfide) groups is 2. The maximum Gasteiger partial charge on any atom is 0.338 e. The molecule has 110 valence electrons. The highest BCUT2D eigenvalue weighted by Gasteiger charge is 2.28. The smallest absolute Gasteiger partial charge is 0.338 e. The Morgan fingerprint density at radius 2 is 2.30 bits per heavy atom. The lowest BCUT2D eigenvalue weighted by Gasteiger charge is -2.28. The molecule has 1 unspecified atom stereocenters. The highest BCUT2D eigenvalue weighted by atomic mass is 35.5. The molecule has 0 bridgehead atoms. The predicted molar refractivity (Wildman–Crippen MR) is 88.4 cm³/mol. The molecule has 2 nitrogen and oxygen atoms in total. The number of benzene rings is 1. The van der Waals surface area contributed by atoms with Crippen LogP contribution >= 0.6 is 35.1 Å². The number of carbonyl (C=O) groups is 1. The van der Waals surface area contributed by atoms with Gasteiger partial charge in [0.05, 0.1) is 17.2 Å². The SMILES string of the molecule is CCOC(=O)c1cc(Cl)c2c(c1C)C(SCC)CCS2. The van der Waals surface area contributed by atoms with Gasteiger partial charge in [-0.3, -0.25) is 0 Å². The predicted octanol–water partition coefficient (Wildman–Crippen LogP) is 5.12. The first kappa shape index (κ1) is 16.1. The average molecular weight is 331 g/mol. The van der Waals surface area contributed by atoms with Crippen LogP contribution in [0.5, 0.6) is 0 Å². The van der Waals surface area contributed by atoms with Crippen molar-refractivity contribution in [2.45, 2.75) is 37.3 Å². The van der Waals surface area contributed by atoms with E-state index in [1.54, 1.807) is 17.8 Å². The molecule has 5 heteroatoms. The van der Waals surface area contributed by atoms with Gasteiger partial charge < -0.3 is 4.74 Å². The van der Waals surface area contributed by atoms with Gasteiger partial charge in [-0.25, -0.2) is 4.79 Å². The minimum Gasteiger partial charge on any atom is -0.462 e. The largest absolute Gasteiger partial charge is 0.462 e. The minimum absolute atomic E-state index is 0.273. The molecule has 0 aromatic heterocycles. The molecule has 0 amide bonds. The van der Waals surface area contributed by atoms with Crippen LogP contribution in [0.1, 0.15) is 47.0 Å². The van der Waals surface area contributed by atoms with Crippen LogP contribution in [0.3, 0.4) is 0 Å². The summed E-state index contributed by atoms with van der Waals surface area (Å²) >= 11 is 10.1. The Balaban J connectivity index is 2.51. The van der Waals surface area contributed by atoms with Crippen LogP contribution in [0, 0.1) is 6.92 Å². The summed E-state index contributed by atoms with van der Waals surface area (Å²) < 4.78 is 5.14. The number of hydrogen-bond acceptors (Lipinski definition) is 4. The third-order valence-corrected chi connectivity index (χ3v) is 6.14. The molecule has 0 spiro atoms. The van der Waals surface area contributed by atoms with Crippen molar-refractivity contribution in [3.05, 3.63) is 27.8 Å². The van der Waals surface area contributed by atoms with Crippen LogP contribution in [-0.4, -0.2) is 24.1 Å². The summed E-state index contributed by atoms with van der Waals surface area (Å²) in [4.78, 5) is 13.2. The lowest BCUT2D eigenvalue weighted by Crippen LogP contribution is -2.13. The summed E-state index contributed by atoms with van der Waals surface area (Å²) in [7, 11) is 0. The Hall–Kier alpha value is -0.320. The summed E-state index contributed by atoms with van der Waals surface area (Å²) in [6.07, 6.45) is 1.12. The number of esters is 1. The number of hydrogen-bond donors (Lipinski definition) is 0. The van der Waals surface area contributed by atoms with Gasteiger partial charge in [-0.05, 0) is 49.0 Å². The van der Waals surface area contributed by atoms with E-state index in [2.05, 4.69) is 6.92 Å². The Morgan fingerprint density at radius 3 is 2.95 bits per heavy atom. The van der Waals surface area contributed by atoms with E-state index < -0.39 is 0 Å². The minimum atomic E-state index is -0.273. The Labute approximate surface area is 134 Å². The molecule has 0 saturated carbocycles. The standard InChI is InChI=1S/C15H19ClO2S2/c1-4-18-15(17)10-8-11(16)14-13(9(10)3)12(19-5-2)6-7-20-14/h8,12H,4-7H2,1-3H3. The van der Waals surface area contributed by atoms with Crippen molar-refractivity contribution in [3.63, 3.8) is 0 Å². The number of fused-ring (bicyclic) bond motifs is 1. The molecule has 2 rings (SSSR count). The Bertz CT molecular complexity index is 517. The van der Waals surface area contributed by atoms with Crippen molar-refractivity contribution in [3.8, 4) is 0 Å². The van der Waals surface area contributed by atoms with Crippen LogP contribution in [0.4, 0.5) is 0 Å². The molecular formula is C15H19ClO2S2. The Morgan fingerprint density at radius 1 is 1.55 bits per heavy atom. The van der Waals surface area contributed by atoms with Crippen molar-refractivity contribution in [2.75, 3.05) is 18.1 Å². The van der Waals surface area contributed by atoms with Gasteiger partial charge in [-0.2, -0.15) is 11.8 Å². The number of rotatable bonds is 4. The second-order valence-electron chi connectivity index (χ2n) is 4.58. The summed E-state index contributed by atoms with van der Waals surface area (Å²) in [6, 6.07) is 1.76. The third-order valence-electron chi connectivity index (χ3n) is 3.35. The molecule has 1 aromatic carbocycles. The molecule has 0 fully saturated rings. The lowest BCUT2D eigenvalue weighted by molar-refractivity contribution is 0.0525. The van der Waals surface area contributed by atoms with Gasteiger partial charge in [-0.1, -0.05) is 18.5 Å². The molecule has 0 saturated heterocycles. The van der Waals surface area contributed by atoms with E-state index >= 15 is 0 Å². The first-order valence-corrected chi connectivity index (χ1v) is 9.25. The van der Waals surface area contributed by atoms with Crippen LogP contribution in [0.15, 0.2) is 11.0 Å². The van der Waals surface area contributed by atoms with Gasteiger partial charge in [0.2, 0.25) is 0 Å². The van der Waals surface area contributed by atoms with Gasteiger partial charge in [0.15, 0.2) is 0 Å². The highest BCUT2D eigenvalue weighted by molar-refractivity contribution is 8.01. The zero-order valence-corrected chi connectivity index (χ0v) is 14.4. The van der Waals surface area contributed by atoms with E-state index in [1.807, 2.05) is 25.6 Å². The van der Waals surface area contributed by atoms with Gasteiger partial charge in [-0.15, -0.1) is 11.8 Å². The normalized spacial score (nSPS) is 17.7. The number of halogens is 1. The fraction of sp³-hybridized carbons (Fsp3) is 0.533. The van der Waals surface area contributed by atoms with Crippen LogP contribution < -0.4 is 0 Å². The molecule has 20 heavy (non-hydrogen) atoms. The van der Waals surface area contributed by atoms with Gasteiger partial charge in [0, 0.05) is 10.1 Å². The number of carbonyl (C=O) groups excluding carboxylic acids is 1. The fourth-order valence-corrected chi connectivity index (χ4v) is 5.43. The lowest BCUT2D eigenvalue weighted by atomic mass is 9.98. The first-order chi connectivity index (χ1) is 9.60. The molecule has 1 atom stereocenters. The molecule has 1 aliphatic heterocycles. The molecule has 0 aliphatic carbocycles. The number of ether oxygens (including phenoxy) is 1. The average Bonchev–Trinajstić information content (AvgIpc) is 2.43. The van der Waals surface area contributed by atoms with E-state index in [4.69, 9.17) is 16.3 Å². The maximum atomic E-state index is 12.1. The van der Waals surface area contributed by atoms with Gasteiger partial charge in [0.1, 0.15) is 0 Å². The van der Waals surface area contributed by atoms with Crippen LogP contribution in [-0.2, 0) is 4.74 Å². The van der Waals surface area contributed by atoms with Crippen LogP contribution in [0.25, 0.3) is 0 Å². The van der Waals surface area contributed by atoms with E-state index in [1.165, 1.54) is 5.56 Å². The monoisotopic (exact) mass is 330 g/mol. The second kappa shape index (κ2) is 7.10. The summed E-state index contributed by atoms with van der Waals surface area (Å²) in [5, 5.41) is 1.11. The molecule has 1 aliphatic rings. The summed E-state index contributed by atoms with van der Waals surface area (Å²) in [5.74, 6) is 1.88. The molecule has 1 aromatic rings. The maximum absolute atomic E-state index is 12.1. The van der Waals surface area contributed by atoms with Crippen molar-refractivity contribution < 1.29 is 9.53 Å². The van der Waals surface area contributed by atoms with Crippen molar-refractivity contribution >= 4 is 41.1 Å². The van der Waals surface area contributed by atoms with Gasteiger partial charge >= 0.3 is 5.97 Å². The van der Waals surface area contributed by atoms with Gasteiger partial charge in [0.25, 0.3) is 0 Å². The topological polar surface area (TPSA) is 26.3 Å². The quantitative estimate of drug-likeness (QED) is 0.716. The third kappa shape index (κ3) is 3.12. The zero-order chi connectivity index (χ0) is 14.7. The Kier molecular flexibility index (Phi) is 5.70. The second-order valence-corrected chi connectivity index (χ2v) is 7.57. The van der Waals surface area contributed by atoms with E-state index in [-0.39, 0.29) is 5.97 Å². The molecule has 0 radical (unpaired) electrons. The van der Waals surface area contributed by atoms with E-state index in [0.29, 0.717) is 22.4 Å². The van der Waals surface area contributed by atoms with Crippen molar-refractivity contribution in [2.24, 2.45) is 0 Å². The van der Waals surface area contributed by atoms with Crippen LogP contribution in [0.2, 0.25) is 5.02 Å². The molecule has 0 N–H and O–H groups in total. The first-order valence-electron chi connectivity index (χ1n) is 6.84.